The van der Waals surface area contributed by atoms with Crippen LogP contribution in [0, 0.1) is 19.3 Å². The molecule has 0 saturated carbocycles. The van der Waals surface area contributed by atoms with Crippen molar-refractivity contribution in [2.24, 2.45) is 10.6 Å². The number of primary sulfonamides is 1. The Labute approximate surface area is 114 Å². The standard InChI is InChI=1S/C13H20N2O3S/c1-8-6-10(19(14,17)18)7-9(2)11(8)15-12(16)13(3,4)5/h6-7H,1-5H3,(H,15,16)(H2,14,17,18). The van der Waals surface area contributed by atoms with Gasteiger partial charge < -0.3 is 5.32 Å². The Hall–Kier alpha value is -1.40. The van der Waals surface area contributed by atoms with Gasteiger partial charge in [0.05, 0.1) is 4.90 Å². The van der Waals surface area contributed by atoms with Gasteiger partial charge in [0.15, 0.2) is 0 Å². The first kappa shape index (κ1) is 15.7. The van der Waals surface area contributed by atoms with Gasteiger partial charge in [-0.05, 0) is 37.1 Å². The minimum atomic E-state index is -3.73. The minimum absolute atomic E-state index is 0.0521. The Kier molecular flexibility index (Phi) is 4.07. The maximum Gasteiger partial charge on any atom is 0.238 e. The van der Waals surface area contributed by atoms with E-state index >= 15 is 0 Å². The molecule has 0 fully saturated rings. The van der Waals surface area contributed by atoms with Crippen LogP contribution in [0.1, 0.15) is 31.9 Å². The number of aryl methyl sites for hydroxylation is 2. The largest absolute Gasteiger partial charge is 0.325 e. The third-order valence-corrected chi connectivity index (χ3v) is 3.65. The molecular weight excluding hydrogens is 264 g/mol. The van der Waals surface area contributed by atoms with Crippen LogP contribution >= 0.6 is 0 Å². The average molecular weight is 284 g/mol. The molecule has 1 rings (SSSR count). The number of anilines is 1. The number of rotatable bonds is 2. The smallest absolute Gasteiger partial charge is 0.238 e. The molecule has 0 aliphatic rings. The van der Waals surface area contributed by atoms with E-state index in [9.17, 15) is 13.2 Å². The first-order valence-corrected chi connectivity index (χ1v) is 7.43. The zero-order valence-corrected chi connectivity index (χ0v) is 12.7. The van der Waals surface area contributed by atoms with E-state index in [0.29, 0.717) is 16.8 Å². The van der Waals surface area contributed by atoms with Crippen molar-refractivity contribution < 1.29 is 13.2 Å². The lowest BCUT2D eigenvalue weighted by Crippen LogP contribution is -2.28. The molecule has 0 unspecified atom stereocenters. The van der Waals surface area contributed by atoms with Gasteiger partial charge >= 0.3 is 0 Å². The fourth-order valence-corrected chi connectivity index (χ4v) is 2.27. The third-order valence-electron chi connectivity index (χ3n) is 2.75. The number of nitrogens with two attached hydrogens (primary N) is 1. The van der Waals surface area contributed by atoms with Gasteiger partial charge in [0.1, 0.15) is 0 Å². The molecule has 0 spiro atoms. The molecule has 6 heteroatoms. The van der Waals surface area contributed by atoms with Crippen molar-refractivity contribution in [2.75, 3.05) is 5.32 Å². The molecule has 5 nitrogen and oxygen atoms in total. The van der Waals surface area contributed by atoms with E-state index in [0.717, 1.165) is 0 Å². The van der Waals surface area contributed by atoms with Crippen LogP contribution in [0.5, 0.6) is 0 Å². The molecule has 0 aliphatic heterocycles. The molecule has 1 aromatic rings. The lowest BCUT2D eigenvalue weighted by Gasteiger charge is -2.20. The molecule has 19 heavy (non-hydrogen) atoms. The van der Waals surface area contributed by atoms with Crippen molar-refractivity contribution in [1.82, 2.24) is 0 Å². The maximum absolute atomic E-state index is 12.0. The molecule has 3 N–H and O–H groups in total. The van der Waals surface area contributed by atoms with Gasteiger partial charge in [0, 0.05) is 11.1 Å². The molecular formula is C13H20N2O3S. The summed E-state index contributed by atoms with van der Waals surface area (Å²) < 4.78 is 22.6. The second-order valence-corrected chi connectivity index (χ2v) is 7.24. The molecule has 106 valence electrons. The van der Waals surface area contributed by atoms with Crippen molar-refractivity contribution >= 4 is 21.6 Å². The number of hydrogen-bond acceptors (Lipinski definition) is 3. The number of nitrogens with one attached hydrogen (secondary N) is 1. The maximum atomic E-state index is 12.0. The first-order valence-electron chi connectivity index (χ1n) is 5.88. The predicted octanol–water partition coefficient (Wildman–Crippen LogP) is 1.94. The Morgan fingerprint density at radius 2 is 1.58 bits per heavy atom. The lowest BCUT2D eigenvalue weighted by atomic mass is 9.95. The molecule has 0 atom stereocenters. The van der Waals surface area contributed by atoms with Crippen molar-refractivity contribution in [2.45, 2.75) is 39.5 Å². The molecule has 1 amide bonds. The number of carbonyl (C=O) groups excluding carboxylic acids is 1. The Bertz CT molecular complexity index is 590. The van der Waals surface area contributed by atoms with Crippen LogP contribution < -0.4 is 10.5 Å². The normalized spacial score (nSPS) is 12.3. The summed E-state index contributed by atoms with van der Waals surface area (Å²) in [4.78, 5) is 12.0. The summed E-state index contributed by atoms with van der Waals surface area (Å²) in [6.45, 7) is 8.91. The summed E-state index contributed by atoms with van der Waals surface area (Å²) in [5, 5.41) is 7.92. The lowest BCUT2D eigenvalue weighted by molar-refractivity contribution is -0.123. The number of benzene rings is 1. The minimum Gasteiger partial charge on any atom is -0.325 e. The van der Waals surface area contributed by atoms with E-state index in [1.54, 1.807) is 13.8 Å². The van der Waals surface area contributed by atoms with Crippen molar-refractivity contribution in [3.8, 4) is 0 Å². The monoisotopic (exact) mass is 284 g/mol. The van der Waals surface area contributed by atoms with E-state index in [1.807, 2.05) is 20.8 Å². The van der Waals surface area contributed by atoms with Crippen LogP contribution in [0.15, 0.2) is 17.0 Å². The van der Waals surface area contributed by atoms with Crippen LogP contribution in [-0.2, 0) is 14.8 Å². The SMILES string of the molecule is Cc1cc(S(N)(=O)=O)cc(C)c1NC(=O)C(C)(C)C. The number of sulfonamides is 1. The number of amides is 1. The molecule has 0 radical (unpaired) electrons. The average Bonchev–Trinajstić information content (AvgIpc) is 2.19. The quantitative estimate of drug-likeness (QED) is 0.869. The van der Waals surface area contributed by atoms with Gasteiger partial charge in [-0.2, -0.15) is 0 Å². The summed E-state index contributed by atoms with van der Waals surface area (Å²) in [6, 6.07) is 2.92. The molecule has 0 aliphatic carbocycles. The first-order chi connectivity index (χ1) is 8.43. The summed E-state index contributed by atoms with van der Waals surface area (Å²) in [6.07, 6.45) is 0. The van der Waals surface area contributed by atoms with Crippen LogP contribution in [0.4, 0.5) is 5.69 Å². The molecule has 0 aromatic heterocycles. The number of hydrogen-bond donors (Lipinski definition) is 2. The Balaban J connectivity index is 3.23. The zero-order valence-electron chi connectivity index (χ0n) is 11.9. The fourth-order valence-electron chi connectivity index (χ4n) is 1.59. The topological polar surface area (TPSA) is 89.3 Å². The van der Waals surface area contributed by atoms with Crippen molar-refractivity contribution in [1.29, 1.82) is 0 Å². The van der Waals surface area contributed by atoms with Crippen LogP contribution in [0.2, 0.25) is 0 Å². The fraction of sp³-hybridized carbons (Fsp3) is 0.462. The van der Waals surface area contributed by atoms with Gasteiger partial charge in [0.2, 0.25) is 15.9 Å². The highest BCUT2D eigenvalue weighted by Gasteiger charge is 2.23. The van der Waals surface area contributed by atoms with E-state index in [4.69, 9.17) is 5.14 Å². The highest BCUT2D eigenvalue weighted by Crippen LogP contribution is 2.26. The molecule has 0 bridgehead atoms. The van der Waals surface area contributed by atoms with Gasteiger partial charge in [-0.25, -0.2) is 13.6 Å². The van der Waals surface area contributed by atoms with E-state index < -0.39 is 15.4 Å². The molecule has 0 heterocycles. The van der Waals surface area contributed by atoms with Gasteiger partial charge in [-0.3, -0.25) is 4.79 Å². The van der Waals surface area contributed by atoms with E-state index in [1.165, 1.54) is 12.1 Å². The summed E-state index contributed by atoms with van der Waals surface area (Å²) in [5.74, 6) is -0.123. The van der Waals surface area contributed by atoms with Crippen LogP contribution in [-0.4, -0.2) is 14.3 Å². The summed E-state index contributed by atoms with van der Waals surface area (Å²) in [5.41, 5.74) is 1.45. The van der Waals surface area contributed by atoms with E-state index in [2.05, 4.69) is 5.32 Å². The Morgan fingerprint density at radius 3 is 1.89 bits per heavy atom. The van der Waals surface area contributed by atoms with Gasteiger partial charge in [-0.15, -0.1) is 0 Å². The highest BCUT2D eigenvalue weighted by atomic mass is 32.2. The highest BCUT2D eigenvalue weighted by molar-refractivity contribution is 7.89. The summed E-state index contributed by atoms with van der Waals surface area (Å²) >= 11 is 0. The van der Waals surface area contributed by atoms with Gasteiger partial charge in [0.25, 0.3) is 0 Å². The number of carbonyl (C=O) groups is 1. The zero-order chi connectivity index (χ0) is 15.0. The predicted molar refractivity (Wildman–Crippen MR) is 75.4 cm³/mol. The van der Waals surface area contributed by atoms with Gasteiger partial charge in [-0.1, -0.05) is 20.8 Å². The van der Waals surface area contributed by atoms with Crippen LogP contribution in [0.25, 0.3) is 0 Å². The van der Waals surface area contributed by atoms with Crippen molar-refractivity contribution in [3.05, 3.63) is 23.3 Å². The molecule has 0 saturated heterocycles. The third kappa shape index (κ3) is 3.78. The second kappa shape index (κ2) is 4.94. The molecule has 1 aromatic carbocycles. The van der Waals surface area contributed by atoms with Crippen LogP contribution in [0.3, 0.4) is 0 Å². The van der Waals surface area contributed by atoms with Crippen molar-refractivity contribution in [3.63, 3.8) is 0 Å². The summed E-state index contributed by atoms with van der Waals surface area (Å²) in [7, 11) is -3.73. The Morgan fingerprint density at radius 1 is 1.16 bits per heavy atom. The van der Waals surface area contributed by atoms with E-state index in [-0.39, 0.29) is 10.8 Å². The second-order valence-electron chi connectivity index (χ2n) is 5.68.